The van der Waals surface area contributed by atoms with E-state index in [9.17, 15) is 0 Å². The molecule has 0 saturated carbocycles. The lowest BCUT2D eigenvalue weighted by molar-refractivity contribution is 0.301. The normalized spacial score (nSPS) is 33.5. The Labute approximate surface area is 87.3 Å². The molecule has 0 aromatic carbocycles. The van der Waals surface area contributed by atoms with Gasteiger partial charge in [-0.3, -0.25) is 0 Å². The first-order valence-corrected chi connectivity index (χ1v) is 5.40. The fourth-order valence-corrected chi connectivity index (χ4v) is 2.21. The highest BCUT2D eigenvalue weighted by atomic mass is 15.2. The van der Waals surface area contributed by atoms with Gasteiger partial charge in [0, 0.05) is 24.7 Å². The van der Waals surface area contributed by atoms with Gasteiger partial charge in [-0.2, -0.15) is 0 Å². The number of nitrogens with two attached hydrogens (primary N) is 1. The summed E-state index contributed by atoms with van der Waals surface area (Å²) in [6.07, 6.45) is 4.11. The molecule has 1 rings (SSSR count). The number of likely N-dealkylation sites (tertiary alicyclic amines) is 1. The maximum Gasteiger partial charge on any atom is 0.0447 e. The summed E-state index contributed by atoms with van der Waals surface area (Å²) >= 11 is 0. The summed E-state index contributed by atoms with van der Waals surface area (Å²) in [6.45, 7) is 8.74. The molecule has 2 unspecified atom stereocenters. The lowest BCUT2D eigenvalue weighted by Gasteiger charge is -2.28. The van der Waals surface area contributed by atoms with E-state index in [0.29, 0.717) is 6.04 Å². The lowest BCUT2D eigenvalue weighted by Crippen LogP contribution is -2.53. The number of nitrogens with one attached hydrogen (secondary N) is 1. The van der Waals surface area contributed by atoms with Gasteiger partial charge >= 0.3 is 0 Å². The van der Waals surface area contributed by atoms with Crippen molar-refractivity contribution in [3.63, 3.8) is 0 Å². The molecule has 0 spiro atoms. The zero-order chi connectivity index (χ0) is 10.6. The van der Waals surface area contributed by atoms with E-state index in [-0.39, 0.29) is 5.54 Å². The first kappa shape index (κ1) is 11.7. The Morgan fingerprint density at radius 3 is 2.86 bits per heavy atom. The Hall–Kier alpha value is -0.380. The van der Waals surface area contributed by atoms with Crippen LogP contribution in [0.4, 0.5) is 0 Å². The number of hydrogen-bond acceptors (Lipinski definition) is 3. The van der Waals surface area contributed by atoms with E-state index in [2.05, 4.69) is 30.8 Å². The third kappa shape index (κ3) is 2.56. The molecule has 0 bridgehead atoms. The summed E-state index contributed by atoms with van der Waals surface area (Å²) in [4.78, 5) is 2.37. The molecule has 3 N–H and O–H groups in total. The van der Waals surface area contributed by atoms with Crippen LogP contribution in [0.1, 0.15) is 19.8 Å². The van der Waals surface area contributed by atoms with Gasteiger partial charge in [-0.05, 0) is 33.4 Å². The van der Waals surface area contributed by atoms with Crippen LogP contribution in [0.5, 0.6) is 0 Å². The first-order chi connectivity index (χ1) is 6.63. The highest BCUT2D eigenvalue weighted by Crippen LogP contribution is 2.24. The molecule has 82 valence electrons. The molecule has 14 heavy (non-hydrogen) atoms. The van der Waals surface area contributed by atoms with E-state index in [4.69, 9.17) is 5.73 Å². The predicted octanol–water partition coefficient (Wildman–Crippen LogP) is 0.574. The molecule has 1 aliphatic heterocycles. The number of hydrogen-bond donors (Lipinski definition) is 2. The van der Waals surface area contributed by atoms with Crippen molar-refractivity contribution < 1.29 is 0 Å². The Balaban J connectivity index is 2.47. The Morgan fingerprint density at radius 2 is 2.43 bits per heavy atom. The molecule has 0 aliphatic carbocycles. The standard InChI is InChI=1S/C11H23N3/c1-4-5-6-13-11(8-12)7-10(2)14(3)9-11/h4,10,13H,1,5-9,12H2,2-3H3. The lowest BCUT2D eigenvalue weighted by atomic mass is 9.96. The first-order valence-electron chi connectivity index (χ1n) is 5.40. The van der Waals surface area contributed by atoms with E-state index in [1.165, 1.54) is 0 Å². The zero-order valence-corrected chi connectivity index (χ0v) is 9.42. The van der Waals surface area contributed by atoms with Gasteiger partial charge in [0.25, 0.3) is 0 Å². The van der Waals surface area contributed by atoms with Crippen molar-refractivity contribution in [2.75, 3.05) is 26.7 Å². The summed E-state index contributed by atoms with van der Waals surface area (Å²) in [6, 6.07) is 0.634. The van der Waals surface area contributed by atoms with Crippen molar-refractivity contribution in [2.24, 2.45) is 5.73 Å². The highest BCUT2D eigenvalue weighted by molar-refractivity contribution is 5.00. The van der Waals surface area contributed by atoms with Gasteiger partial charge in [0.2, 0.25) is 0 Å². The van der Waals surface area contributed by atoms with E-state index in [1.807, 2.05) is 6.08 Å². The van der Waals surface area contributed by atoms with Crippen molar-refractivity contribution in [2.45, 2.75) is 31.3 Å². The van der Waals surface area contributed by atoms with Crippen LogP contribution in [-0.4, -0.2) is 43.2 Å². The minimum atomic E-state index is 0.136. The van der Waals surface area contributed by atoms with Gasteiger partial charge in [0.1, 0.15) is 0 Å². The van der Waals surface area contributed by atoms with Crippen molar-refractivity contribution in [1.82, 2.24) is 10.2 Å². The summed E-state index contributed by atoms with van der Waals surface area (Å²) in [7, 11) is 2.16. The van der Waals surface area contributed by atoms with E-state index < -0.39 is 0 Å². The summed E-state index contributed by atoms with van der Waals surface area (Å²) in [5, 5.41) is 3.57. The Bertz CT molecular complexity index is 181. The van der Waals surface area contributed by atoms with Crippen LogP contribution in [-0.2, 0) is 0 Å². The number of rotatable bonds is 5. The Kier molecular flexibility index (Phi) is 4.11. The van der Waals surface area contributed by atoms with Crippen molar-refractivity contribution in [3.05, 3.63) is 12.7 Å². The third-order valence-electron chi connectivity index (χ3n) is 3.23. The zero-order valence-electron chi connectivity index (χ0n) is 9.42. The monoisotopic (exact) mass is 197 g/mol. The highest BCUT2D eigenvalue weighted by Gasteiger charge is 2.38. The van der Waals surface area contributed by atoms with E-state index in [0.717, 1.165) is 32.5 Å². The van der Waals surface area contributed by atoms with Crippen LogP contribution in [0.15, 0.2) is 12.7 Å². The van der Waals surface area contributed by atoms with Crippen molar-refractivity contribution >= 4 is 0 Å². The van der Waals surface area contributed by atoms with E-state index >= 15 is 0 Å². The quantitative estimate of drug-likeness (QED) is 0.500. The molecule has 1 heterocycles. The second kappa shape index (κ2) is 4.91. The van der Waals surface area contributed by atoms with Gasteiger partial charge < -0.3 is 16.0 Å². The van der Waals surface area contributed by atoms with E-state index in [1.54, 1.807) is 0 Å². The molecule has 3 heteroatoms. The molecule has 2 atom stereocenters. The average Bonchev–Trinajstić information content (AvgIpc) is 2.44. The fourth-order valence-electron chi connectivity index (χ4n) is 2.21. The SMILES string of the molecule is C=CCCNC1(CN)CC(C)N(C)C1. The average molecular weight is 197 g/mol. The molecule has 0 amide bonds. The number of nitrogens with zero attached hydrogens (tertiary/aromatic N) is 1. The number of likely N-dealkylation sites (N-methyl/N-ethyl adjacent to an activating group) is 1. The van der Waals surface area contributed by atoms with Gasteiger partial charge in [0.15, 0.2) is 0 Å². The summed E-state index contributed by atoms with van der Waals surface area (Å²) < 4.78 is 0. The van der Waals surface area contributed by atoms with Crippen LogP contribution in [0.3, 0.4) is 0 Å². The largest absolute Gasteiger partial charge is 0.329 e. The molecule has 0 radical (unpaired) electrons. The molecule has 1 fully saturated rings. The second-order valence-corrected chi connectivity index (χ2v) is 4.46. The molecular formula is C11H23N3. The fraction of sp³-hybridized carbons (Fsp3) is 0.818. The molecule has 3 nitrogen and oxygen atoms in total. The summed E-state index contributed by atoms with van der Waals surface area (Å²) in [5.41, 5.74) is 6.00. The van der Waals surface area contributed by atoms with Gasteiger partial charge in [-0.25, -0.2) is 0 Å². The van der Waals surface area contributed by atoms with Crippen LogP contribution in [0.2, 0.25) is 0 Å². The molecular weight excluding hydrogens is 174 g/mol. The Morgan fingerprint density at radius 1 is 1.71 bits per heavy atom. The predicted molar refractivity (Wildman–Crippen MR) is 61.3 cm³/mol. The molecule has 1 saturated heterocycles. The molecule has 1 aliphatic rings. The molecule has 0 aromatic heterocycles. The van der Waals surface area contributed by atoms with Crippen LogP contribution >= 0.6 is 0 Å². The topological polar surface area (TPSA) is 41.3 Å². The van der Waals surface area contributed by atoms with Gasteiger partial charge in [0.05, 0.1) is 0 Å². The van der Waals surface area contributed by atoms with Gasteiger partial charge in [-0.1, -0.05) is 6.08 Å². The maximum atomic E-state index is 5.86. The van der Waals surface area contributed by atoms with Crippen LogP contribution in [0.25, 0.3) is 0 Å². The molecule has 0 aromatic rings. The van der Waals surface area contributed by atoms with Gasteiger partial charge in [-0.15, -0.1) is 6.58 Å². The van der Waals surface area contributed by atoms with Crippen LogP contribution < -0.4 is 11.1 Å². The summed E-state index contributed by atoms with van der Waals surface area (Å²) in [5.74, 6) is 0. The van der Waals surface area contributed by atoms with Crippen molar-refractivity contribution in [1.29, 1.82) is 0 Å². The third-order valence-corrected chi connectivity index (χ3v) is 3.23. The maximum absolute atomic E-state index is 5.86. The minimum Gasteiger partial charge on any atom is -0.329 e. The minimum absolute atomic E-state index is 0.136. The van der Waals surface area contributed by atoms with Crippen molar-refractivity contribution in [3.8, 4) is 0 Å². The second-order valence-electron chi connectivity index (χ2n) is 4.46. The van der Waals surface area contributed by atoms with Crippen LogP contribution in [0, 0.1) is 0 Å². The smallest absolute Gasteiger partial charge is 0.0447 e.